The lowest BCUT2D eigenvalue weighted by molar-refractivity contribution is 0.327. The molecular formula is C13H21N3. The van der Waals surface area contributed by atoms with Gasteiger partial charge >= 0.3 is 0 Å². The molecule has 0 aliphatic carbocycles. The van der Waals surface area contributed by atoms with Crippen LogP contribution in [-0.4, -0.2) is 38.1 Å². The second-order valence-corrected chi connectivity index (χ2v) is 4.85. The van der Waals surface area contributed by atoms with Crippen molar-refractivity contribution < 1.29 is 0 Å². The third-order valence-electron chi connectivity index (χ3n) is 3.14. The van der Waals surface area contributed by atoms with E-state index >= 15 is 0 Å². The average Bonchev–Trinajstić information content (AvgIpc) is 2.64. The molecule has 16 heavy (non-hydrogen) atoms. The Balaban J connectivity index is 2.01. The largest absolute Gasteiger partial charge is 0.378 e. The topological polar surface area (TPSA) is 32.5 Å². The first-order valence-electron chi connectivity index (χ1n) is 5.89. The monoisotopic (exact) mass is 219 g/mol. The molecule has 1 aliphatic rings. The Labute approximate surface area is 97.8 Å². The molecule has 0 spiro atoms. The van der Waals surface area contributed by atoms with Gasteiger partial charge in [0.1, 0.15) is 0 Å². The number of anilines is 1. The van der Waals surface area contributed by atoms with Crippen LogP contribution in [0.2, 0.25) is 0 Å². The fourth-order valence-electron chi connectivity index (χ4n) is 2.20. The predicted molar refractivity (Wildman–Crippen MR) is 68.6 cm³/mol. The molecule has 0 amide bonds. The van der Waals surface area contributed by atoms with Gasteiger partial charge in [0, 0.05) is 45.5 Å². The maximum Gasteiger partial charge on any atom is 0.0364 e. The van der Waals surface area contributed by atoms with E-state index in [9.17, 15) is 0 Å². The molecule has 1 fully saturated rings. The average molecular weight is 219 g/mol. The van der Waals surface area contributed by atoms with Gasteiger partial charge in [0.15, 0.2) is 0 Å². The zero-order valence-electron chi connectivity index (χ0n) is 10.2. The summed E-state index contributed by atoms with van der Waals surface area (Å²) in [6.45, 7) is 3.19. The Morgan fingerprint density at radius 3 is 2.88 bits per heavy atom. The van der Waals surface area contributed by atoms with E-state index < -0.39 is 0 Å². The first-order valence-corrected chi connectivity index (χ1v) is 5.89. The minimum atomic E-state index is 0.372. The van der Waals surface area contributed by atoms with Crippen LogP contribution in [0.1, 0.15) is 12.0 Å². The number of hydrogen-bond acceptors (Lipinski definition) is 3. The molecule has 1 aliphatic heterocycles. The van der Waals surface area contributed by atoms with Gasteiger partial charge in [-0.2, -0.15) is 0 Å². The molecule has 2 rings (SSSR count). The molecule has 0 bridgehead atoms. The molecule has 88 valence electrons. The van der Waals surface area contributed by atoms with E-state index in [-0.39, 0.29) is 0 Å². The van der Waals surface area contributed by atoms with Crippen LogP contribution in [0.15, 0.2) is 24.3 Å². The molecule has 0 aromatic heterocycles. The quantitative estimate of drug-likeness (QED) is 0.831. The SMILES string of the molecule is CN(C)c1cccc(CN2CC[C@@H](N)C2)c1. The van der Waals surface area contributed by atoms with Crippen molar-refractivity contribution >= 4 is 5.69 Å². The number of benzene rings is 1. The Morgan fingerprint density at radius 1 is 1.44 bits per heavy atom. The van der Waals surface area contributed by atoms with E-state index in [1.807, 2.05) is 0 Å². The lowest BCUT2D eigenvalue weighted by Crippen LogP contribution is -2.26. The number of likely N-dealkylation sites (tertiary alicyclic amines) is 1. The van der Waals surface area contributed by atoms with Gasteiger partial charge in [-0.25, -0.2) is 0 Å². The van der Waals surface area contributed by atoms with Crippen molar-refractivity contribution in [2.75, 3.05) is 32.1 Å². The summed E-state index contributed by atoms with van der Waals surface area (Å²) in [5.74, 6) is 0. The van der Waals surface area contributed by atoms with Crippen LogP contribution >= 0.6 is 0 Å². The molecule has 0 unspecified atom stereocenters. The maximum atomic E-state index is 5.91. The molecule has 0 radical (unpaired) electrons. The van der Waals surface area contributed by atoms with Crippen LogP contribution in [-0.2, 0) is 6.54 Å². The van der Waals surface area contributed by atoms with Gasteiger partial charge in [-0.1, -0.05) is 12.1 Å². The van der Waals surface area contributed by atoms with Crippen molar-refractivity contribution in [2.24, 2.45) is 5.73 Å². The van der Waals surface area contributed by atoms with Crippen molar-refractivity contribution in [1.82, 2.24) is 4.90 Å². The fraction of sp³-hybridized carbons (Fsp3) is 0.538. The third-order valence-corrected chi connectivity index (χ3v) is 3.14. The molecule has 1 atom stereocenters. The molecule has 1 aromatic carbocycles. The van der Waals surface area contributed by atoms with E-state index in [4.69, 9.17) is 5.73 Å². The normalized spacial score (nSPS) is 21.3. The second kappa shape index (κ2) is 4.85. The zero-order valence-corrected chi connectivity index (χ0v) is 10.2. The Kier molecular flexibility index (Phi) is 3.46. The highest BCUT2D eigenvalue weighted by atomic mass is 15.2. The van der Waals surface area contributed by atoms with Crippen molar-refractivity contribution in [3.63, 3.8) is 0 Å². The lowest BCUT2D eigenvalue weighted by atomic mass is 10.2. The minimum Gasteiger partial charge on any atom is -0.378 e. The van der Waals surface area contributed by atoms with Gasteiger partial charge in [-0.3, -0.25) is 4.90 Å². The van der Waals surface area contributed by atoms with Gasteiger partial charge in [0.25, 0.3) is 0 Å². The van der Waals surface area contributed by atoms with Crippen molar-refractivity contribution in [2.45, 2.75) is 19.0 Å². The van der Waals surface area contributed by atoms with Gasteiger partial charge in [-0.05, 0) is 24.1 Å². The summed E-state index contributed by atoms with van der Waals surface area (Å²) in [6.07, 6.45) is 1.13. The van der Waals surface area contributed by atoms with E-state index in [0.717, 1.165) is 26.1 Å². The van der Waals surface area contributed by atoms with Crippen LogP contribution in [0, 0.1) is 0 Å². The van der Waals surface area contributed by atoms with E-state index in [1.54, 1.807) is 0 Å². The minimum absolute atomic E-state index is 0.372. The molecule has 3 nitrogen and oxygen atoms in total. The van der Waals surface area contributed by atoms with E-state index in [1.165, 1.54) is 11.3 Å². The highest BCUT2D eigenvalue weighted by Crippen LogP contribution is 2.17. The van der Waals surface area contributed by atoms with Gasteiger partial charge in [-0.15, -0.1) is 0 Å². The van der Waals surface area contributed by atoms with E-state index in [0.29, 0.717) is 6.04 Å². The van der Waals surface area contributed by atoms with Gasteiger partial charge < -0.3 is 10.6 Å². The van der Waals surface area contributed by atoms with Crippen LogP contribution in [0.3, 0.4) is 0 Å². The molecule has 1 heterocycles. The second-order valence-electron chi connectivity index (χ2n) is 4.85. The maximum absolute atomic E-state index is 5.91. The standard InChI is InChI=1S/C13H21N3/c1-15(2)13-5-3-4-11(8-13)9-16-7-6-12(14)10-16/h3-5,8,12H,6-7,9-10,14H2,1-2H3/t12-/m1/s1. The summed E-state index contributed by atoms with van der Waals surface area (Å²) < 4.78 is 0. The van der Waals surface area contributed by atoms with Crippen molar-refractivity contribution in [3.8, 4) is 0 Å². The summed E-state index contributed by atoms with van der Waals surface area (Å²) >= 11 is 0. The number of hydrogen-bond donors (Lipinski definition) is 1. The van der Waals surface area contributed by atoms with Crippen LogP contribution in [0.5, 0.6) is 0 Å². The molecular weight excluding hydrogens is 198 g/mol. The molecule has 3 heteroatoms. The smallest absolute Gasteiger partial charge is 0.0364 e. The van der Waals surface area contributed by atoms with Gasteiger partial charge in [0.05, 0.1) is 0 Å². The number of nitrogens with zero attached hydrogens (tertiary/aromatic N) is 2. The number of rotatable bonds is 3. The molecule has 1 saturated heterocycles. The van der Waals surface area contributed by atoms with Crippen molar-refractivity contribution in [3.05, 3.63) is 29.8 Å². The number of nitrogens with two attached hydrogens (primary N) is 1. The summed E-state index contributed by atoms with van der Waals surface area (Å²) in [7, 11) is 4.15. The summed E-state index contributed by atoms with van der Waals surface area (Å²) in [6, 6.07) is 9.08. The summed E-state index contributed by atoms with van der Waals surface area (Å²) in [5, 5.41) is 0. The third kappa shape index (κ3) is 2.74. The predicted octanol–water partition coefficient (Wildman–Crippen LogP) is 1.29. The molecule has 0 saturated carbocycles. The van der Waals surface area contributed by atoms with E-state index in [2.05, 4.69) is 48.2 Å². The van der Waals surface area contributed by atoms with Gasteiger partial charge in [0.2, 0.25) is 0 Å². The first kappa shape index (κ1) is 11.4. The summed E-state index contributed by atoms with van der Waals surface area (Å²) in [4.78, 5) is 4.57. The van der Waals surface area contributed by atoms with Crippen LogP contribution < -0.4 is 10.6 Å². The van der Waals surface area contributed by atoms with Crippen LogP contribution in [0.4, 0.5) is 5.69 Å². The van der Waals surface area contributed by atoms with Crippen molar-refractivity contribution in [1.29, 1.82) is 0 Å². The fourth-order valence-corrected chi connectivity index (χ4v) is 2.20. The summed E-state index contributed by atoms with van der Waals surface area (Å²) in [5.41, 5.74) is 8.55. The first-order chi connectivity index (χ1) is 7.65. The Bertz CT molecular complexity index is 349. The van der Waals surface area contributed by atoms with Crippen LogP contribution in [0.25, 0.3) is 0 Å². The Morgan fingerprint density at radius 2 is 2.25 bits per heavy atom. The molecule has 2 N–H and O–H groups in total. The highest BCUT2D eigenvalue weighted by Gasteiger charge is 2.18. The lowest BCUT2D eigenvalue weighted by Gasteiger charge is -2.17. The molecule has 1 aromatic rings. The Hall–Kier alpha value is -1.06. The highest BCUT2D eigenvalue weighted by molar-refractivity contribution is 5.47. The zero-order chi connectivity index (χ0) is 11.5.